The number of rotatable bonds is 7. The molecule has 0 aliphatic heterocycles. The molecule has 0 fully saturated rings. The standard InChI is InChI=1S/C13H21NO2/c1-11(2)10-16-13-5-3-12(4-6-13)9-14-7-8-15/h3-6,11,14-15H,7-10H2,1-2H3. The molecule has 0 heterocycles. The van der Waals surface area contributed by atoms with Crippen molar-refractivity contribution in [2.24, 2.45) is 5.92 Å². The van der Waals surface area contributed by atoms with Crippen molar-refractivity contribution in [1.82, 2.24) is 5.32 Å². The molecule has 0 bridgehead atoms. The summed E-state index contributed by atoms with van der Waals surface area (Å²) in [4.78, 5) is 0. The molecule has 0 aliphatic rings. The molecule has 1 aromatic carbocycles. The highest BCUT2D eigenvalue weighted by Crippen LogP contribution is 2.13. The molecule has 16 heavy (non-hydrogen) atoms. The van der Waals surface area contributed by atoms with E-state index in [0.29, 0.717) is 12.5 Å². The first-order valence-corrected chi connectivity index (χ1v) is 5.75. The number of ether oxygens (including phenoxy) is 1. The lowest BCUT2D eigenvalue weighted by Crippen LogP contribution is -2.17. The zero-order chi connectivity index (χ0) is 11.8. The SMILES string of the molecule is CC(C)COc1ccc(CNCCO)cc1. The molecule has 0 unspecified atom stereocenters. The summed E-state index contributed by atoms with van der Waals surface area (Å²) in [7, 11) is 0. The summed E-state index contributed by atoms with van der Waals surface area (Å²) in [5, 5.41) is 11.8. The van der Waals surface area contributed by atoms with Gasteiger partial charge >= 0.3 is 0 Å². The van der Waals surface area contributed by atoms with E-state index in [9.17, 15) is 0 Å². The second-order valence-electron chi connectivity index (χ2n) is 4.25. The third-order valence-electron chi connectivity index (χ3n) is 2.12. The van der Waals surface area contributed by atoms with Crippen molar-refractivity contribution in [3.63, 3.8) is 0 Å². The van der Waals surface area contributed by atoms with E-state index in [0.717, 1.165) is 18.9 Å². The maximum Gasteiger partial charge on any atom is 0.119 e. The van der Waals surface area contributed by atoms with Crippen LogP contribution in [0.15, 0.2) is 24.3 Å². The van der Waals surface area contributed by atoms with E-state index in [1.165, 1.54) is 5.56 Å². The van der Waals surface area contributed by atoms with E-state index in [1.807, 2.05) is 24.3 Å². The molecule has 0 saturated heterocycles. The van der Waals surface area contributed by atoms with Crippen molar-refractivity contribution in [3.05, 3.63) is 29.8 Å². The Morgan fingerprint density at radius 2 is 1.94 bits per heavy atom. The molecular weight excluding hydrogens is 202 g/mol. The topological polar surface area (TPSA) is 41.5 Å². The molecule has 0 radical (unpaired) electrons. The predicted molar refractivity (Wildman–Crippen MR) is 65.6 cm³/mol. The van der Waals surface area contributed by atoms with Crippen LogP contribution in [0.3, 0.4) is 0 Å². The molecule has 1 aromatic rings. The van der Waals surface area contributed by atoms with Gasteiger partial charge < -0.3 is 15.2 Å². The first-order chi connectivity index (χ1) is 7.72. The van der Waals surface area contributed by atoms with Crippen molar-refractivity contribution >= 4 is 0 Å². The van der Waals surface area contributed by atoms with Crippen LogP contribution in [0.2, 0.25) is 0 Å². The van der Waals surface area contributed by atoms with Gasteiger partial charge in [0.05, 0.1) is 13.2 Å². The zero-order valence-corrected chi connectivity index (χ0v) is 10.1. The summed E-state index contributed by atoms with van der Waals surface area (Å²) in [5.74, 6) is 1.46. The van der Waals surface area contributed by atoms with Crippen LogP contribution >= 0.6 is 0 Å². The molecule has 0 aromatic heterocycles. The fourth-order valence-corrected chi connectivity index (χ4v) is 1.28. The Balaban J connectivity index is 2.35. The van der Waals surface area contributed by atoms with Crippen LogP contribution in [0.1, 0.15) is 19.4 Å². The summed E-state index contributed by atoms with van der Waals surface area (Å²) >= 11 is 0. The van der Waals surface area contributed by atoms with Gasteiger partial charge in [-0.25, -0.2) is 0 Å². The predicted octanol–water partition coefficient (Wildman–Crippen LogP) is 1.80. The van der Waals surface area contributed by atoms with E-state index in [1.54, 1.807) is 0 Å². The van der Waals surface area contributed by atoms with Crippen LogP contribution < -0.4 is 10.1 Å². The Hall–Kier alpha value is -1.06. The van der Waals surface area contributed by atoms with Gasteiger partial charge in [-0.15, -0.1) is 0 Å². The van der Waals surface area contributed by atoms with Crippen LogP contribution in [-0.2, 0) is 6.54 Å². The second kappa shape index (κ2) is 7.25. The molecule has 0 atom stereocenters. The van der Waals surface area contributed by atoms with Gasteiger partial charge in [0.25, 0.3) is 0 Å². The molecule has 0 amide bonds. The average molecular weight is 223 g/mol. The summed E-state index contributed by atoms with van der Waals surface area (Å²) in [6.45, 7) is 6.61. The third-order valence-corrected chi connectivity index (χ3v) is 2.12. The zero-order valence-electron chi connectivity index (χ0n) is 10.1. The number of hydrogen-bond acceptors (Lipinski definition) is 3. The first kappa shape index (κ1) is 13.0. The molecule has 1 rings (SSSR count). The normalized spacial score (nSPS) is 10.8. The molecule has 0 spiro atoms. The highest BCUT2D eigenvalue weighted by atomic mass is 16.5. The molecule has 3 heteroatoms. The summed E-state index contributed by atoms with van der Waals surface area (Å²) in [5.41, 5.74) is 1.20. The van der Waals surface area contributed by atoms with Crippen molar-refractivity contribution in [3.8, 4) is 5.75 Å². The molecule has 0 aliphatic carbocycles. The molecule has 0 saturated carbocycles. The van der Waals surface area contributed by atoms with Crippen molar-refractivity contribution < 1.29 is 9.84 Å². The highest BCUT2D eigenvalue weighted by Gasteiger charge is 1.97. The van der Waals surface area contributed by atoms with Crippen LogP contribution in [0.5, 0.6) is 5.75 Å². The van der Waals surface area contributed by atoms with Gasteiger partial charge in [0.15, 0.2) is 0 Å². The smallest absolute Gasteiger partial charge is 0.119 e. The Bertz CT molecular complexity index is 282. The fourth-order valence-electron chi connectivity index (χ4n) is 1.28. The van der Waals surface area contributed by atoms with Crippen molar-refractivity contribution in [2.75, 3.05) is 19.8 Å². The molecule has 90 valence electrons. The maximum absolute atomic E-state index is 8.63. The lowest BCUT2D eigenvalue weighted by molar-refractivity contribution is 0.271. The second-order valence-corrected chi connectivity index (χ2v) is 4.25. The van der Waals surface area contributed by atoms with E-state index in [4.69, 9.17) is 9.84 Å². The van der Waals surface area contributed by atoms with E-state index < -0.39 is 0 Å². The van der Waals surface area contributed by atoms with Gasteiger partial charge in [0, 0.05) is 13.1 Å². The third kappa shape index (κ3) is 5.14. The largest absolute Gasteiger partial charge is 0.493 e. The lowest BCUT2D eigenvalue weighted by atomic mass is 10.2. The van der Waals surface area contributed by atoms with Gasteiger partial charge in [-0.3, -0.25) is 0 Å². The molecule has 3 nitrogen and oxygen atoms in total. The van der Waals surface area contributed by atoms with E-state index >= 15 is 0 Å². The summed E-state index contributed by atoms with van der Waals surface area (Å²) < 4.78 is 5.59. The van der Waals surface area contributed by atoms with Crippen LogP contribution in [0, 0.1) is 5.92 Å². The Morgan fingerprint density at radius 3 is 2.50 bits per heavy atom. The van der Waals surface area contributed by atoms with E-state index in [2.05, 4.69) is 19.2 Å². The minimum absolute atomic E-state index is 0.176. The van der Waals surface area contributed by atoms with Gasteiger partial charge in [-0.2, -0.15) is 0 Å². The number of aliphatic hydroxyl groups excluding tert-OH is 1. The van der Waals surface area contributed by atoms with E-state index in [-0.39, 0.29) is 6.61 Å². The monoisotopic (exact) mass is 223 g/mol. The summed E-state index contributed by atoms with van der Waals surface area (Å²) in [6.07, 6.45) is 0. The Morgan fingerprint density at radius 1 is 1.25 bits per heavy atom. The molecular formula is C13H21NO2. The quantitative estimate of drug-likeness (QED) is 0.693. The van der Waals surface area contributed by atoms with Crippen LogP contribution in [0.25, 0.3) is 0 Å². The van der Waals surface area contributed by atoms with Gasteiger partial charge in [0.1, 0.15) is 5.75 Å². The molecule has 2 N–H and O–H groups in total. The van der Waals surface area contributed by atoms with Crippen LogP contribution in [-0.4, -0.2) is 24.9 Å². The number of hydrogen-bond donors (Lipinski definition) is 2. The van der Waals surface area contributed by atoms with Crippen molar-refractivity contribution in [2.45, 2.75) is 20.4 Å². The number of aliphatic hydroxyl groups is 1. The number of nitrogens with one attached hydrogen (secondary N) is 1. The fraction of sp³-hybridized carbons (Fsp3) is 0.538. The Labute approximate surface area is 97.4 Å². The summed E-state index contributed by atoms with van der Waals surface area (Å²) in [6, 6.07) is 8.05. The van der Waals surface area contributed by atoms with Crippen molar-refractivity contribution in [1.29, 1.82) is 0 Å². The average Bonchev–Trinajstić information content (AvgIpc) is 2.28. The maximum atomic E-state index is 8.63. The van der Waals surface area contributed by atoms with Crippen LogP contribution in [0.4, 0.5) is 0 Å². The minimum Gasteiger partial charge on any atom is -0.493 e. The Kier molecular flexibility index (Phi) is 5.90. The van der Waals surface area contributed by atoms with Gasteiger partial charge in [-0.1, -0.05) is 26.0 Å². The minimum atomic E-state index is 0.176. The van der Waals surface area contributed by atoms with Gasteiger partial charge in [0.2, 0.25) is 0 Å². The first-order valence-electron chi connectivity index (χ1n) is 5.75. The van der Waals surface area contributed by atoms with Gasteiger partial charge in [-0.05, 0) is 23.6 Å². The number of benzene rings is 1. The lowest BCUT2D eigenvalue weighted by Gasteiger charge is -2.09. The highest BCUT2D eigenvalue weighted by molar-refractivity contribution is 5.27.